The Morgan fingerprint density at radius 2 is 1.83 bits per heavy atom. The van der Waals surface area contributed by atoms with Crippen molar-refractivity contribution in [1.29, 1.82) is 0 Å². The molecule has 5 rings (SSSR count). The van der Waals surface area contributed by atoms with Gasteiger partial charge in [-0.05, 0) is 32.0 Å². The van der Waals surface area contributed by atoms with Crippen LogP contribution in [0.1, 0.15) is 24.2 Å². The van der Waals surface area contributed by atoms with E-state index in [9.17, 15) is 4.79 Å². The molecule has 1 saturated heterocycles. The molecule has 1 aliphatic rings. The first-order chi connectivity index (χ1) is 14.6. The fraction of sp³-hybridized carbons (Fsp3) is 0.286. The topological polar surface area (TPSA) is 100 Å². The Morgan fingerprint density at radius 3 is 2.63 bits per heavy atom. The third-order valence-electron chi connectivity index (χ3n) is 5.27. The Morgan fingerprint density at radius 1 is 1.07 bits per heavy atom. The number of anilines is 2. The summed E-state index contributed by atoms with van der Waals surface area (Å²) in [6, 6.07) is 6.30. The Labute approximate surface area is 173 Å². The molecule has 0 spiro atoms. The van der Waals surface area contributed by atoms with Crippen LogP contribution in [0.3, 0.4) is 0 Å². The Kier molecular flexibility index (Phi) is 4.51. The highest BCUT2D eigenvalue weighted by Gasteiger charge is 2.24. The van der Waals surface area contributed by atoms with Crippen molar-refractivity contribution in [1.82, 2.24) is 29.9 Å². The molecule has 1 amide bonds. The maximum Gasteiger partial charge on any atom is 0.258 e. The zero-order valence-electron chi connectivity index (χ0n) is 16.8. The van der Waals surface area contributed by atoms with Gasteiger partial charge < -0.3 is 15.5 Å². The van der Waals surface area contributed by atoms with Crippen LogP contribution in [-0.4, -0.2) is 55.6 Å². The van der Waals surface area contributed by atoms with E-state index >= 15 is 0 Å². The van der Waals surface area contributed by atoms with Gasteiger partial charge in [0.2, 0.25) is 0 Å². The van der Waals surface area contributed by atoms with E-state index in [0.717, 1.165) is 24.3 Å². The van der Waals surface area contributed by atoms with Crippen molar-refractivity contribution in [3.05, 3.63) is 54.7 Å². The fourth-order valence-corrected chi connectivity index (χ4v) is 4.11. The molecule has 4 aromatic rings. The van der Waals surface area contributed by atoms with Crippen LogP contribution in [0.5, 0.6) is 0 Å². The zero-order valence-corrected chi connectivity index (χ0v) is 16.8. The number of carbonyl (C=O) groups excluding carboxylic acids is 1. The van der Waals surface area contributed by atoms with Crippen LogP contribution >= 0.6 is 0 Å². The van der Waals surface area contributed by atoms with E-state index in [1.165, 1.54) is 0 Å². The molecule has 3 aromatic heterocycles. The lowest BCUT2D eigenvalue weighted by molar-refractivity contribution is 0.102. The Bertz CT molecular complexity index is 1230. The minimum atomic E-state index is -0.269. The number of hydrogen-bond donors (Lipinski definition) is 2. The van der Waals surface area contributed by atoms with Crippen molar-refractivity contribution in [2.24, 2.45) is 0 Å². The third kappa shape index (κ3) is 3.22. The molecule has 152 valence electrons. The quantitative estimate of drug-likeness (QED) is 0.541. The summed E-state index contributed by atoms with van der Waals surface area (Å²) in [5.74, 6) is -0.269. The first-order valence-corrected chi connectivity index (χ1v) is 9.94. The smallest absolute Gasteiger partial charge is 0.258 e. The fourth-order valence-electron chi connectivity index (χ4n) is 4.11. The molecule has 1 aromatic carbocycles. The van der Waals surface area contributed by atoms with Gasteiger partial charge in [-0.3, -0.25) is 14.8 Å². The van der Waals surface area contributed by atoms with Crippen LogP contribution < -0.4 is 15.5 Å². The molecule has 0 aliphatic carbocycles. The van der Waals surface area contributed by atoms with Gasteiger partial charge in [0.1, 0.15) is 16.7 Å². The molecule has 4 heterocycles. The maximum atomic E-state index is 13.1. The zero-order chi connectivity index (χ0) is 20.7. The molecular weight excluding hydrogens is 380 g/mol. The molecule has 0 bridgehead atoms. The first-order valence-electron chi connectivity index (χ1n) is 9.94. The van der Waals surface area contributed by atoms with Crippen LogP contribution in [0.25, 0.3) is 16.7 Å². The average molecular weight is 402 g/mol. The summed E-state index contributed by atoms with van der Waals surface area (Å²) in [7, 11) is 0. The number of carbonyl (C=O) groups is 1. The van der Waals surface area contributed by atoms with E-state index in [1.807, 2.05) is 12.1 Å². The predicted octanol–water partition coefficient (Wildman–Crippen LogP) is 2.11. The van der Waals surface area contributed by atoms with Gasteiger partial charge in [0.25, 0.3) is 5.91 Å². The largest absolute Gasteiger partial charge is 0.367 e. The van der Waals surface area contributed by atoms with Crippen molar-refractivity contribution in [3.63, 3.8) is 0 Å². The average Bonchev–Trinajstić information content (AvgIpc) is 3.15. The highest BCUT2D eigenvalue weighted by atomic mass is 16.1. The second kappa shape index (κ2) is 7.34. The van der Waals surface area contributed by atoms with Gasteiger partial charge in [-0.2, -0.15) is 5.10 Å². The monoisotopic (exact) mass is 402 g/mol. The number of nitrogens with zero attached hydrogens (tertiary/aromatic N) is 6. The second-order valence-corrected chi connectivity index (χ2v) is 7.66. The standard InChI is InChI=1S/C21H22N8O/c1-13-11-28(12-14(2)26-13)17-5-4-15(18-19(17)23-8-7-22-18)21(30)27-16-10-25-29-9-3-6-24-20(16)29/h3-10,13-14,26H,11-12H2,1-2H3,(H,27,30)/t13-,14-/m0/s1. The minimum absolute atomic E-state index is 0.269. The van der Waals surface area contributed by atoms with E-state index < -0.39 is 0 Å². The minimum Gasteiger partial charge on any atom is -0.367 e. The number of hydrogen-bond acceptors (Lipinski definition) is 7. The number of fused-ring (bicyclic) bond motifs is 2. The molecule has 0 radical (unpaired) electrons. The molecule has 9 heteroatoms. The first kappa shape index (κ1) is 18.4. The Hall–Kier alpha value is -3.59. The van der Waals surface area contributed by atoms with Crippen molar-refractivity contribution >= 4 is 34.0 Å². The van der Waals surface area contributed by atoms with E-state index in [2.05, 4.69) is 49.4 Å². The van der Waals surface area contributed by atoms with Gasteiger partial charge in [-0.25, -0.2) is 9.50 Å². The van der Waals surface area contributed by atoms with Crippen molar-refractivity contribution in [2.45, 2.75) is 25.9 Å². The summed E-state index contributed by atoms with van der Waals surface area (Å²) in [5.41, 5.74) is 3.90. The van der Waals surface area contributed by atoms with Gasteiger partial charge >= 0.3 is 0 Å². The van der Waals surface area contributed by atoms with Crippen LogP contribution in [0, 0.1) is 0 Å². The summed E-state index contributed by atoms with van der Waals surface area (Å²) in [4.78, 5) is 28.7. The Balaban J connectivity index is 1.52. The number of rotatable bonds is 3. The number of amides is 1. The molecule has 0 unspecified atom stereocenters. The van der Waals surface area contributed by atoms with Crippen LogP contribution in [0.15, 0.2) is 49.2 Å². The summed E-state index contributed by atoms with van der Waals surface area (Å²) in [6.07, 6.45) is 8.31. The summed E-state index contributed by atoms with van der Waals surface area (Å²) >= 11 is 0. The van der Waals surface area contributed by atoms with E-state index in [0.29, 0.717) is 34.5 Å². The SMILES string of the molecule is C[C@H]1CN(c2ccc(C(=O)Nc3cnn4cccnc34)c3nccnc23)C[C@H](C)N1. The second-order valence-electron chi connectivity index (χ2n) is 7.66. The number of nitrogens with one attached hydrogen (secondary N) is 2. The van der Waals surface area contributed by atoms with Crippen LogP contribution in [0.2, 0.25) is 0 Å². The summed E-state index contributed by atoms with van der Waals surface area (Å²) < 4.78 is 1.61. The maximum absolute atomic E-state index is 13.1. The van der Waals surface area contributed by atoms with E-state index in [4.69, 9.17) is 0 Å². The predicted molar refractivity (Wildman–Crippen MR) is 115 cm³/mol. The lowest BCUT2D eigenvalue weighted by atomic mass is 10.1. The van der Waals surface area contributed by atoms with Gasteiger partial charge in [-0.1, -0.05) is 0 Å². The number of aromatic nitrogens is 5. The molecule has 1 aliphatic heterocycles. The van der Waals surface area contributed by atoms with Crippen molar-refractivity contribution in [3.8, 4) is 0 Å². The van der Waals surface area contributed by atoms with Gasteiger partial charge in [0, 0.05) is 50.0 Å². The number of piperazine rings is 1. The van der Waals surface area contributed by atoms with Gasteiger partial charge in [0.15, 0.2) is 5.65 Å². The molecular formula is C21H22N8O. The van der Waals surface area contributed by atoms with E-state index in [1.54, 1.807) is 41.6 Å². The van der Waals surface area contributed by atoms with E-state index in [-0.39, 0.29) is 5.91 Å². The molecule has 1 fully saturated rings. The molecule has 30 heavy (non-hydrogen) atoms. The highest BCUT2D eigenvalue weighted by Crippen LogP contribution is 2.28. The van der Waals surface area contributed by atoms with Crippen LogP contribution in [-0.2, 0) is 0 Å². The third-order valence-corrected chi connectivity index (χ3v) is 5.27. The molecule has 9 nitrogen and oxygen atoms in total. The van der Waals surface area contributed by atoms with Gasteiger partial charge in [-0.15, -0.1) is 0 Å². The van der Waals surface area contributed by atoms with Crippen molar-refractivity contribution in [2.75, 3.05) is 23.3 Å². The lowest BCUT2D eigenvalue weighted by Crippen LogP contribution is -2.54. The van der Waals surface area contributed by atoms with Crippen LogP contribution in [0.4, 0.5) is 11.4 Å². The lowest BCUT2D eigenvalue weighted by Gasteiger charge is -2.38. The normalized spacial score (nSPS) is 19.3. The highest BCUT2D eigenvalue weighted by molar-refractivity contribution is 6.14. The molecule has 0 saturated carbocycles. The summed E-state index contributed by atoms with van der Waals surface area (Å²) in [5, 5.41) is 10.7. The number of benzene rings is 1. The molecule has 2 N–H and O–H groups in total. The van der Waals surface area contributed by atoms with Crippen molar-refractivity contribution < 1.29 is 4.79 Å². The molecule has 2 atom stereocenters. The summed E-state index contributed by atoms with van der Waals surface area (Å²) in [6.45, 7) is 6.08. The van der Waals surface area contributed by atoms with Gasteiger partial charge in [0.05, 0.1) is 17.4 Å².